The quantitative estimate of drug-likeness (QED) is 0.597. The first-order valence-corrected chi connectivity index (χ1v) is 11.0. The second-order valence-electron chi connectivity index (χ2n) is 9.11. The van der Waals surface area contributed by atoms with Gasteiger partial charge in [-0.25, -0.2) is 0 Å². The highest BCUT2D eigenvalue weighted by molar-refractivity contribution is 5.96. The van der Waals surface area contributed by atoms with Crippen molar-refractivity contribution in [2.24, 2.45) is 5.73 Å². The lowest BCUT2D eigenvalue weighted by Crippen LogP contribution is -2.48. The van der Waals surface area contributed by atoms with E-state index < -0.39 is 5.91 Å². The molecule has 0 aromatic heterocycles. The molecule has 1 unspecified atom stereocenters. The van der Waals surface area contributed by atoms with Crippen LogP contribution in [0.15, 0.2) is 48.5 Å². The Hall–Kier alpha value is -3.05. The van der Waals surface area contributed by atoms with Crippen LogP contribution in [-0.4, -0.2) is 37.0 Å². The minimum absolute atomic E-state index is 0.145. The van der Waals surface area contributed by atoms with Gasteiger partial charge in [-0.2, -0.15) is 0 Å². The Kier molecular flexibility index (Phi) is 4.67. The molecule has 5 heteroatoms. The van der Waals surface area contributed by atoms with Crippen LogP contribution in [-0.2, 0) is 5.41 Å². The zero-order valence-corrected chi connectivity index (χ0v) is 18.2. The number of ether oxygens (including phenoxy) is 1. The number of fused-ring (bicyclic) bond motifs is 1. The van der Waals surface area contributed by atoms with Crippen molar-refractivity contribution < 1.29 is 9.53 Å². The van der Waals surface area contributed by atoms with Gasteiger partial charge in [0.15, 0.2) is 0 Å². The third-order valence-electron chi connectivity index (χ3n) is 7.21. The van der Waals surface area contributed by atoms with E-state index in [1.807, 2.05) is 13.0 Å². The number of benzene rings is 3. The fourth-order valence-corrected chi connectivity index (χ4v) is 5.01. The Morgan fingerprint density at radius 3 is 2.61 bits per heavy atom. The van der Waals surface area contributed by atoms with Crippen molar-refractivity contribution >= 4 is 22.4 Å². The van der Waals surface area contributed by atoms with E-state index in [1.54, 1.807) is 6.07 Å². The van der Waals surface area contributed by atoms with E-state index >= 15 is 0 Å². The van der Waals surface area contributed by atoms with Crippen LogP contribution in [0.3, 0.4) is 0 Å². The summed E-state index contributed by atoms with van der Waals surface area (Å²) in [4.78, 5) is 14.6. The number of nitrogen functional groups attached to an aromatic ring is 1. The van der Waals surface area contributed by atoms with Gasteiger partial charge in [-0.3, -0.25) is 9.69 Å². The highest BCUT2D eigenvalue weighted by Gasteiger charge is 2.48. The lowest BCUT2D eigenvalue weighted by molar-refractivity contribution is 0.0767. The SMILES string of the molecule is Cc1c(C(N)=O)cc(OCC2CCN2C)cc1C1(c2cccc3ccc(N)cc23)CC1. The molecule has 1 amide bonds. The van der Waals surface area contributed by atoms with Crippen LogP contribution in [0.25, 0.3) is 10.8 Å². The molecular formula is C26H29N3O2. The fraction of sp³-hybridized carbons (Fsp3) is 0.346. The molecule has 3 aromatic rings. The molecule has 1 aliphatic carbocycles. The lowest BCUT2D eigenvalue weighted by Gasteiger charge is -2.37. The molecule has 1 saturated carbocycles. The van der Waals surface area contributed by atoms with Crippen molar-refractivity contribution in [3.05, 3.63) is 70.8 Å². The van der Waals surface area contributed by atoms with E-state index in [0.29, 0.717) is 18.2 Å². The number of carbonyl (C=O) groups excluding carboxylic acids is 1. The Morgan fingerprint density at radius 1 is 1.16 bits per heavy atom. The summed E-state index contributed by atoms with van der Waals surface area (Å²) in [5, 5.41) is 2.34. The number of rotatable bonds is 6. The third kappa shape index (κ3) is 3.33. The van der Waals surface area contributed by atoms with E-state index in [0.717, 1.165) is 48.4 Å². The zero-order chi connectivity index (χ0) is 21.8. The van der Waals surface area contributed by atoms with Gasteiger partial charge in [0, 0.05) is 22.7 Å². The van der Waals surface area contributed by atoms with Crippen LogP contribution in [0, 0.1) is 6.92 Å². The normalized spacial score (nSPS) is 19.7. The van der Waals surface area contributed by atoms with Crippen LogP contribution in [0.1, 0.15) is 46.3 Å². The predicted octanol–water partition coefficient (Wildman–Crippen LogP) is 3.99. The van der Waals surface area contributed by atoms with Gasteiger partial charge in [-0.15, -0.1) is 0 Å². The van der Waals surface area contributed by atoms with Gasteiger partial charge in [0.05, 0.1) is 0 Å². The van der Waals surface area contributed by atoms with Gasteiger partial charge in [-0.1, -0.05) is 24.3 Å². The molecule has 2 aliphatic rings. The topological polar surface area (TPSA) is 81.6 Å². The first-order chi connectivity index (χ1) is 14.9. The number of hydrogen-bond acceptors (Lipinski definition) is 4. The van der Waals surface area contributed by atoms with E-state index in [9.17, 15) is 4.79 Å². The highest BCUT2D eigenvalue weighted by Crippen LogP contribution is 2.57. The average molecular weight is 416 g/mol. The molecule has 5 nitrogen and oxygen atoms in total. The van der Waals surface area contributed by atoms with Gasteiger partial charge in [0.25, 0.3) is 0 Å². The van der Waals surface area contributed by atoms with E-state index in [-0.39, 0.29) is 5.41 Å². The molecule has 0 bridgehead atoms. The fourth-order valence-electron chi connectivity index (χ4n) is 5.01. The smallest absolute Gasteiger partial charge is 0.249 e. The molecule has 1 aliphatic heterocycles. The number of carbonyl (C=O) groups is 1. The van der Waals surface area contributed by atoms with Crippen molar-refractivity contribution in [1.29, 1.82) is 0 Å². The number of nitrogens with two attached hydrogens (primary N) is 2. The summed E-state index contributed by atoms with van der Waals surface area (Å²) < 4.78 is 6.16. The molecule has 1 heterocycles. The van der Waals surface area contributed by atoms with Crippen molar-refractivity contribution in [3.63, 3.8) is 0 Å². The molecule has 5 rings (SSSR count). The molecule has 2 fully saturated rings. The van der Waals surface area contributed by atoms with Gasteiger partial charge in [0.2, 0.25) is 5.91 Å². The summed E-state index contributed by atoms with van der Waals surface area (Å²) in [7, 11) is 2.11. The third-order valence-corrected chi connectivity index (χ3v) is 7.21. The van der Waals surface area contributed by atoms with Crippen LogP contribution < -0.4 is 16.2 Å². The molecule has 160 valence electrons. The van der Waals surface area contributed by atoms with Gasteiger partial charge in [0.1, 0.15) is 12.4 Å². The molecule has 31 heavy (non-hydrogen) atoms. The Bertz CT molecular complexity index is 1180. The predicted molar refractivity (Wildman–Crippen MR) is 125 cm³/mol. The second-order valence-corrected chi connectivity index (χ2v) is 9.11. The first-order valence-electron chi connectivity index (χ1n) is 11.0. The van der Waals surface area contributed by atoms with E-state index in [2.05, 4.69) is 48.3 Å². The monoisotopic (exact) mass is 415 g/mol. The summed E-state index contributed by atoms with van der Waals surface area (Å²) in [5.41, 5.74) is 16.4. The molecular weight excluding hydrogens is 386 g/mol. The van der Waals surface area contributed by atoms with Gasteiger partial charge in [-0.05, 0) is 91.5 Å². The number of primary amides is 1. The maximum Gasteiger partial charge on any atom is 0.249 e. The van der Waals surface area contributed by atoms with Crippen molar-refractivity contribution in [1.82, 2.24) is 4.90 Å². The first kappa shape index (κ1) is 19.9. The van der Waals surface area contributed by atoms with Crippen molar-refractivity contribution in [3.8, 4) is 5.75 Å². The minimum Gasteiger partial charge on any atom is -0.492 e. The Labute approximate surface area is 183 Å². The number of nitrogens with zero attached hydrogens (tertiary/aromatic N) is 1. The van der Waals surface area contributed by atoms with E-state index in [4.69, 9.17) is 16.2 Å². The molecule has 0 radical (unpaired) electrons. The van der Waals surface area contributed by atoms with Crippen LogP contribution >= 0.6 is 0 Å². The molecule has 0 spiro atoms. The summed E-state index contributed by atoms with van der Waals surface area (Å²) >= 11 is 0. The minimum atomic E-state index is -0.414. The van der Waals surface area contributed by atoms with Crippen LogP contribution in [0.5, 0.6) is 5.75 Å². The molecule has 3 aromatic carbocycles. The summed E-state index contributed by atoms with van der Waals surface area (Å²) in [6, 6.07) is 16.8. The Morgan fingerprint density at radius 2 is 1.97 bits per heavy atom. The number of likely N-dealkylation sites (N-methyl/N-ethyl adjacent to an activating group) is 1. The van der Waals surface area contributed by atoms with E-state index in [1.165, 1.54) is 16.3 Å². The standard InChI is InChI=1S/C26H29N3O2/c1-16-21(25(28)30)13-20(31-15-19-8-11-29(19)2)14-24(16)26(9-10-26)23-5-3-4-17-6-7-18(27)12-22(17)23/h3-7,12-14,19H,8-11,15,27H2,1-2H3,(H2,28,30). The zero-order valence-electron chi connectivity index (χ0n) is 18.2. The number of hydrogen-bond donors (Lipinski definition) is 2. The number of likely N-dealkylation sites (tertiary alicyclic amines) is 1. The molecule has 1 atom stereocenters. The van der Waals surface area contributed by atoms with Crippen molar-refractivity contribution in [2.75, 3.05) is 25.9 Å². The maximum atomic E-state index is 12.3. The van der Waals surface area contributed by atoms with Crippen LogP contribution in [0.2, 0.25) is 0 Å². The maximum absolute atomic E-state index is 12.3. The van der Waals surface area contributed by atoms with Gasteiger partial charge >= 0.3 is 0 Å². The second kappa shape index (κ2) is 7.27. The molecule has 1 saturated heterocycles. The lowest BCUT2D eigenvalue weighted by atomic mass is 9.81. The van der Waals surface area contributed by atoms with Crippen LogP contribution in [0.4, 0.5) is 5.69 Å². The average Bonchev–Trinajstić information content (AvgIpc) is 3.54. The number of amides is 1. The van der Waals surface area contributed by atoms with Crippen molar-refractivity contribution in [2.45, 2.75) is 37.6 Å². The summed E-state index contributed by atoms with van der Waals surface area (Å²) in [5.74, 6) is 0.309. The highest BCUT2D eigenvalue weighted by atomic mass is 16.5. The largest absolute Gasteiger partial charge is 0.492 e. The molecule has 4 N–H and O–H groups in total. The summed E-state index contributed by atoms with van der Waals surface area (Å²) in [6.45, 7) is 3.72. The number of anilines is 1. The van der Waals surface area contributed by atoms with Gasteiger partial charge < -0.3 is 16.2 Å². The summed E-state index contributed by atoms with van der Waals surface area (Å²) in [6.07, 6.45) is 3.18. The Balaban J connectivity index is 1.60.